The van der Waals surface area contributed by atoms with Crippen molar-refractivity contribution >= 4 is 17.8 Å². The third-order valence-corrected chi connectivity index (χ3v) is 8.16. The Balaban J connectivity index is 1.65. The monoisotopic (exact) mass is 364 g/mol. The molecule has 2 aliphatic heterocycles. The van der Waals surface area contributed by atoms with E-state index in [0.717, 1.165) is 37.7 Å². The smallest absolute Gasteiger partial charge is 0.336 e. The van der Waals surface area contributed by atoms with Crippen LogP contribution in [0.2, 0.25) is 0 Å². The summed E-state index contributed by atoms with van der Waals surface area (Å²) in [7, 11) is 0. The molecule has 6 rings (SSSR count). The third kappa shape index (κ3) is 1.54. The molecular formula is C23H24O4. The second-order valence-electron chi connectivity index (χ2n) is 8.94. The first-order valence-corrected chi connectivity index (χ1v) is 10.3. The molecular weight excluding hydrogens is 340 g/mol. The van der Waals surface area contributed by atoms with Crippen molar-refractivity contribution in [3.63, 3.8) is 0 Å². The first kappa shape index (κ1) is 16.1. The van der Waals surface area contributed by atoms with Crippen molar-refractivity contribution in [3.05, 3.63) is 41.0 Å². The Hall–Kier alpha value is -1.94. The summed E-state index contributed by atoms with van der Waals surface area (Å²) in [6, 6.07) is 8.34. The van der Waals surface area contributed by atoms with E-state index in [2.05, 4.69) is 18.2 Å². The molecule has 27 heavy (non-hydrogen) atoms. The lowest BCUT2D eigenvalue weighted by Crippen LogP contribution is -2.57. The number of carbonyl (C=O) groups excluding carboxylic acids is 2. The van der Waals surface area contributed by atoms with E-state index >= 15 is 0 Å². The van der Waals surface area contributed by atoms with E-state index in [9.17, 15) is 9.59 Å². The minimum absolute atomic E-state index is 0.0774. The number of carbonyl (C=O) groups is 2. The van der Waals surface area contributed by atoms with Crippen LogP contribution in [0.5, 0.6) is 0 Å². The summed E-state index contributed by atoms with van der Waals surface area (Å²) in [5.74, 6) is 0.317. The van der Waals surface area contributed by atoms with Gasteiger partial charge in [-0.15, -0.1) is 0 Å². The Morgan fingerprint density at radius 3 is 3.00 bits per heavy atom. The van der Waals surface area contributed by atoms with Gasteiger partial charge in [0.1, 0.15) is 11.2 Å². The van der Waals surface area contributed by atoms with Crippen molar-refractivity contribution in [2.45, 2.75) is 62.6 Å². The zero-order valence-electron chi connectivity index (χ0n) is 15.6. The predicted molar refractivity (Wildman–Crippen MR) is 99.0 cm³/mol. The maximum Gasteiger partial charge on any atom is 0.336 e. The summed E-state index contributed by atoms with van der Waals surface area (Å²) < 4.78 is 12.3. The number of ketones is 1. The van der Waals surface area contributed by atoms with Gasteiger partial charge in [-0.25, -0.2) is 4.79 Å². The highest BCUT2D eigenvalue weighted by atomic mass is 16.6. The fourth-order valence-electron chi connectivity index (χ4n) is 7.59. The second kappa shape index (κ2) is 4.91. The van der Waals surface area contributed by atoms with Gasteiger partial charge in [0.05, 0.1) is 12.2 Å². The minimum atomic E-state index is -0.693. The van der Waals surface area contributed by atoms with Crippen LogP contribution in [0.3, 0.4) is 0 Å². The van der Waals surface area contributed by atoms with E-state index in [0.29, 0.717) is 18.6 Å². The molecule has 0 N–H and O–H groups in total. The summed E-state index contributed by atoms with van der Waals surface area (Å²) >= 11 is 0. The summed E-state index contributed by atoms with van der Waals surface area (Å²) in [4.78, 5) is 26.3. The number of Topliss-reactive ketones (excluding diaryl/α,β-unsaturated/α-hetero) is 1. The van der Waals surface area contributed by atoms with E-state index in [4.69, 9.17) is 9.47 Å². The molecule has 2 saturated heterocycles. The van der Waals surface area contributed by atoms with Gasteiger partial charge in [-0.05, 0) is 62.1 Å². The van der Waals surface area contributed by atoms with Crippen molar-refractivity contribution in [1.29, 1.82) is 0 Å². The molecule has 4 fully saturated rings. The molecule has 0 amide bonds. The summed E-state index contributed by atoms with van der Waals surface area (Å²) in [5, 5.41) is 0. The van der Waals surface area contributed by atoms with Crippen LogP contribution in [0.1, 0.15) is 62.5 Å². The normalized spacial score (nSPS) is 43.0. The van der Waals surface area contributed by atoms with Crippen molar-refractivity contribution in [1.82, 2.24) is 0 Å². The highest BCUT2D eigenvalue weighted by molar-refractivity contribution is 6.00. The molecule has 0 aromatic heterocycles. The van der Waals surface area contributed by atoms with Crippen LogP contribution in [-0.4, -0.2) is 29.6 Å². The van der Waals surface area contributed by atoms with E-state index in [1.54, 1.807) is 0 Å². The molecule has 0 radical (unpaired) electrons. The zero-order chi connectivity index (χ0) is 18.4. The van der Waals surface area contributed by atoms with Crippen molar-refractivity contribution in [2.24, 2.45) is 11.3 Å². The first-order valence-electron chi connectivity index (χ1n) is 10.3. The number of ether oxygens (including phenoxy) is 2. The molecule has 2 spiro atoms. The number of fused-ring (bicyclic) bond motifs is 2. The highest BCUT2D eigenvalue weighted by Gasteiger charge is 2.84. The standard InChI is InChI=1S/C23H24O4/c1-2-26-20(25)17-12-14-6-3-4-7-16(14)19-21-10-5-8-18(24)23(21)15(9-11-21)13-22(17,19)27-23/h3-4,6-7,12,15,19H,2,5,8-11,13H2,1H3/t15-,19-,21+,22+,23-/m1/s1. The van der Waals surface area contributed by atoms with Gasteiger partial charge in [-0.1, -0.05) is 24.3 Å². The van der Waals surface area contributed by atoms with Crippen molar-refractivity contribution in [3.8, 4) is 0 Å². The molecule has 1 aromatic rings. The summed E-state index contributed by atoms with van der Waals surface area (Å²) in [6.45, 7) is 2.18. The van der Waals surface area contributed by atoms with Crippen LogP contribution in [0.4, 0.5) is 0 Å². The topological polar surface area (TPSA) is 52.6 Å². The molecule has 5 aliphatic rings. The van der Waals surface area contributed by atoms with Gasteiger partial charge in [-0.3, -0.25) is 4.79 Å². The van der Waals surface area contributed by atoms with Gasteiger partial charge < -0.3 is 9.47 Å². The lowest BCUT2D eigenvalue weighted by molar-refractivity contribution is -0.157. The lowest BCUT2D eigenvalue weighted by atomic mass is 9.48. The quantitative estimate of drug-likeness (QED) is 0.749. The maximum atomic E-state index is 13.3. The van der Waals surface area contributed by atoms with E-state index in [-0.39, 0.29) is 29.0 Å². The van der Waals surface area contributed by atoms with Gasteiger partial charge in [0, 0.05) is 17.8 Å². The van der Waals surface area contributed by atoms with Gasteiger partial charge >= 0.3 is 5.97 Å². The summed E-state index contributed by atoms with van der Waals surface area (Å²) in [6.07, 6.45) is 7.37. The molecule has 0 unspecified atom stereocenters. The highest BCUT2D eigenvalue weighted by Crippen LogP contribution is 2.80. The summed E-state index contributed by atoms with van der Waals surface area (Å²) in [5.41, 5.74) is 1.44. The second-order valence-corrected chi connectivity index (χ2v) is 8.94. The van der Waals surface area contributed by atoms with Crippen molar-refractivity contribution in [2.75, 3.05) is 6.61 Å². The van der Waals surface area contributed by atoms with Crippen LogP contribution in [0, 0.1) is 11.3 Å². The largest absolute Gasteiger partial charge is 0.463 e. The van der Waals surface area contributed by atoms with Crippen LogP contribution in [0.25, 0.3) is 6.08 Å². The molecule has 140 valence electrons. The third-order valence-electron chi connectivity index (χ3n) is 8.16. The molecule has 2 heterocycles. The number of benzene rings is 1. The first-order chi connectivity index (χ1) is 13.1. The number of hydrogen-bond acceptors (Lipinski definition) is 4. The minimum Gasteiger partial charge on any atom is -0.463 e. The Labute approximate surface area is 158 Å². The Morgan fingerprint density at radius 1 is 1.30 bits per heavy atom. The van der Waals surface area contributed by atoms with Crippen LogP contribution < -0.4 is 0 Å². The maximum absolute atomic E-state index is 13.3. The molecule has 4 heteroatoms. The number of rotatable bonds is 2. The van der Waals surface area contributed by atoms with E-state index in [1.807, 2.05) is 19.1 Å². The average Bonchev–Trinajstić information content (AvgIpc) is 3.20. The average molecular weight is 364 g/mol. The Morgan fingerprint density at radius 2 is 2.15 bits per heavy atom. The van der Waals surface area contributed by atoms with Crippen LogP contribution in [0.15, 0.2) is 29.8 Å². The molecule has 5 atom stereocenters. The van der Waals surface area contributed by atoms with Gasteiger partial charge in [0.2, 0.25) is 0 Å². The molecule has 4 nitrogen and oxygen atoms in total. The van der Waals surface area contributed by atoms with E-state index < -0.39 is 11.2 Å². The predicted octanol–water partition coefficient (Wildman–Crippen LogP) is 3.79. The van der Waals surface area contributed by atoms with Crippen LogP contribution in [-0.2, 0) is 19.1 Å². The lowest BCUT2D eigenvalue weighted by Gasteiger charge is -2.50. The number of esters is 1. The van der Waals surface area contributed by atoms with Gasteiger partial charge in [-0.2, -0.15) is 0 Å². The molecule has 2 saturated carbocycles. The van der Waals surface area contributed by atoms with Gasteiger partial charge in [0.25, 0.3) is 0 Å². The zero-order valence-corrected chi connectivity index (χ0v) is 15.6. The molecule has 3 aliphatic carbocycles. The fourth-order valence-corrected chi connectivity index (χ4v) is 7.59. The molecule has 1 aromatic carbocycles. The Kier molecular flexibility index (Phi) is 2.92. The van der Waals surface area contributed by atoms with Crippen LogP contribution >= 0.6 is 0 Å². The molecule has 2 bridgehead atoms. The number of hydrogen-bond donors (Lipinski definition) is 0. The SMILES string of the molecule is CCOC(=O)C1=Cc2ccccc2[C@@H]2[C@@]34CCCC(=O)[C@@]35O[C@@]12C[C@H]5CC4. The van der Waals surface area contributed by atoms with Crippen molar-refractivity contribution < 1.29 is 19.1 Å². The van der Waals surface area contributed by atoms with E-state index in [1.165, 1.54) is 5.56 Å². The Bertz CT molecular complexity index is 913. The fraction of sp³-hybridized carbons (Fsp3) is 0.565. The van der Waals surface area contributed by atoms with Gasteiger partial charge in [0.15, 0.2) is 5.78 Å².